The van der Waals surface area contributed by atoms with Crippen LogP contribution < -0.4 is 4.74 Å². The molecule has 1 aliphatic rings. The number of piperazine rings is 1. The zero-order valence-corrected chi connectivity index (χ0v) is 16.8. The third-order valence-corrected chi connectivity index (χ3v) is 6.60. The Morgan fingerprint density at radius 1 is 1.10 bits per heavy atom. The highest BCUT2D eigenvalue weighted by molar-refractivity contribution is 7.89. The van der Waals surface area contributed by atoms with Crippen LogP contribution in [0.1, 0.15) is 0 Å². The second kappa shape index (κ2) is 8.76. The summed E-state index contributed by atoms with van der Waals surface area (Å²) < 4.78 is 32.0. The molecular weight excluding hydrogens is 422 g/mol. The standard InChI is InChI=1S/C18H18ClN3O6S/c19-14-4-6-17(7-5-14)29(26,27)21-10-8-20(9-11-21)18(23)13-28-16-3-1-2-15(12-16)22(24)25/h1-7,12H,8-11,13H2. The fourth-order valence-corrected chi connectivity index (χ4v) is 4.40. The van der Waals surface area contributed by atoms with Crippen LogP contribution in [-0.2, 0) is 14.8 Å². The number of sulfonamides is 1. The molecule has 0 aliphatic carbocycles. The number of non-ortho nitro benzene ring substituents is 1. The van der Waals surface area contributed by atoms with E-state index in [2.05, 4.69) is 0 Å². The number of carbonyl (C=O) groups is 1. The van der Waals surface area contributed by atoms with Gasteiger partial charge in [0, 0.05) is 37.3 Å². The fourth-order valence-electron chi connectivity index (χ4n) is 2.86. The van der Waals surface area contributed by atoms with Crippen LogP contribution in [0.2, 0.25) is 5.02 Å². The largest absolute Gasteiger partial charge is 0.484 e. The molecule has 0 unspecified atom stereocenters. The molecule has 154 valence electrons. The Kier molecular flexibility index (Phi) is 6.36. The number of nitro benzene ring substituents is 1. The van der Waals surface area contributed by atoms with Gasteiger partial charge < -0.3 is 9.64 Å². The molecule has 1 heterocycles. The van der Waals surface area contributed by atoms with Crippen LogP contribution in [0.4, 0.5) is 5.69 Å². The number of benzene rings is 2. The van der Waals surface area contributed by atoms with Crippen LogP contribution in [0.5, 0.6) is 5.75 Å². The SMILES string of the molecule is O=C(COc1cccc([N+](=O)[O-])c1)N1CCN(S(=O)(=O)c2ccc(Cl)cc2)CC1. The second-order valence-corrected chi connectivity index (χ2v) is 8.66. The summed E-state index contributed by atoms with van der Waals surface area (Å²) in [5, 5.41) is 11.2. The fraction of sp³-hybridized carbons (Fsp3) is 0.278. The van der Waals surface area contributed by atoms with E-state index in [1.54, 1.807) is 0 Å². The van der Waals surface area contributed by atoms with Crippen molar-refractivity contribution in [3.05, 3.63) is 63.7 Å². The van der Waals surface area contributed by atoms with Crippen LogP contribution >= 0.6 is 11.6 Å². The van der Waals surface area contributed by atoms with Crippen molar-refractivity contribution in [3.8, 4) is 5.75 Å². The van der Waals surface area contributed by atoms with Gasteiger partial charge in [-0.3, -0.25) is 14.9 Å². The van der Waals surface area contributed by atoms with E-state index in [1.807, 2.05) is 0 Å². The summed E-state index contributed by atoms with van der Waals surface area (Å²) in [7, 11) is -3.65. The normalized spacial score (nSPS) is 15.1. The zero-order valence-electron chi connectivity index (χ0n) is 15.2. The Labute approximate surface area is 172 Å². The van der Waals surface area contributed by atoms with Crippen molar-refractivity contribution in [1.29, 1.82) is 0 Å². The smallest absolute Gasteiger partial charge is 0.273 e. The molecule has 0 saturated carbocycles. The Bertz CT molecular complexity index is 1000. The average molecular weight is 440 g/mol. The maximum Gasteiger partial charge on any atom is 0.273 e. The number of ether oxygens (including phenoxy) is 1. The van der Waals surface area contributed by atoms with Crippen molar-refractivity contribution in [2.24, 2.45) is 0 Å². The van der Waals surface area contributed by atoms with Gasteiger partial charge >= 0.3 is 0 Å². The van der Waals surface area contributed by atoms with Gasteiger partial charge in [-0.05, 0) is 30.3 Å². The Morgan fingerprint density at radius 2 is 1.76 bits per heavy atom. The van der Waals surface area contributed by atoms with Crippen molar-refractivity contribution in [2.45, 2.75) is 4.90 Å². The highest BCUT2D eigenvalue weighted by atomic mass is 35.5. The van der Waals surface area contributed by atoms with Crippen molar-refractivity contribution >= 4 is 33.2 Å². The highest BCUT2D eigenvalue weighted by Crippen LogP contribution is 2.21. The maximum absolute atomic E-state index is 12.7. The third kappa shape index (κ3) is 5.03. The Morgan fingerprint density at radius 3 is 2.38 bits per heavy atom. The number of amides is 1. The molecule has 1 saturated heterocycles. The first-order valence-electron chi connectivity index (χ1n) is 8.68. The topological polar surface area (TPSA) is 110 Å². The van der Waals surface area contributed by atoms with E-state index >= 15 is 0 Å². The first kappa shape index (κ1) is 21.0. The summed E-state index contributed by atoms with van der Waals surface area (Å²) in [5.74, 6) is -0.100. The van der Waals surface area contributed by atoms with Gasteiger partial charge in [-0.25, -0.2) is 8.42 Å². The van der Waals surface area contributed by atoms with Gasteiger partial charge in [0.2, 0.25) is 10.0 Å². The summed E-state index contributed by atoms with van der Waals surface area (Å²) in [4.78, 5) is 24.2. The van der Waals surface area contributed by atoms with E-state index in [9.17, 15) is 23.3 Å². The molecule has 1 amide bonds. The third-order valence-electron chi connectivity index (χ3n) is 4.43. The molecule has 11 heteroatoms. The molecule has 0 spiro atoms. The molecule has 3 rings (SSSR count). The van der Waals surface area contributed by atoms with Crippen LogP contribution in [0.3, 0.4) is 0 Å². The number of nitrogens with zero attached hydrogens (tertiary/aromatic N) is 3. The summed E-state index contributed by atoms with van der Waals surface area (Å²) in [6, 6.07) is 11.5. The molecule has 0 N–H and O–H groups in total. The molecule has 1 aliphatic heterocycles. The van der Waals surface area contributed by atoms with Gasteiger partial charge in [0.1, 0.15) is 5.75 Å². The summed E-state index contributed by atoms with van der Waals surface area (Å²) in [6.45, 7) is 0.486. The molecule has 0 atom stereocenters. The number of carbonyl (C=O) groups excluding carboxylic acids is 1. The molecule has 2 aromatic rings. The first-order chi connectivity index (χ1) is 13.8. The Balaban J connectivity index is 1.55. The monoisotopic (exact) mass is 439 g/mol. The number of nitro groups is 1. The number of hydrogen-bond acceptors (Lipinski definition) is 6. The van der Waals surface area contributed by atoms with E-state index in [0.717, 1.165) is 0 Å². The van der Waals surface area contributed by atoms with E-state index in [4.69, 9.17) is 16.3 Å². The maximum atomic E-state index is 12.7. The van der Waals surface area contributed by atoms with Gasteiger partial charge in [0.05, 0.1) is 15.9 Å². The van der Waals surface area contributed by atoms with Crippen molar-refractivity contribution in [1.82, 2.24) is 9.21 Å². The highest BCUT2D eigenvalue weighted by Gasteiger charge is 2.30. The van der Waals surface area contributed by atoms with E-state index < -0.39 is 14.9 Å². The number of hydrogen-bond donors (Lipinski definition) is 0. The zero-order chi connectivity index (χ0) is 21.0. The van der Waals surface area contributed by atoms with Gasteiger partial charge in [-0.2, -0.15) is 4.31 Å². The predicted octanol–water partition coefficient (Wildman–Crippen LogP) is 2.16. The van der Waals surface area contributed by atoms with Crippen molar-refractivity contribution in [2.75, 3.05) is 32.8 Å². The van der Waals surface area contributed by atoms with E-state index in [-0.39, 0.29) is 55.0 Å². The quantitative estimate of drug-likeness (QED) is 0.504. The molecule has 2 aromatic carbocycles. The summed E-state index contributed by atoms with van der Waals surface area (Å²) >= 11 is 5.80. The second-order valence-electron chi connectivity index (χ2n) is 6.28. The molecule has 9 nitrogen and oxygen atoms in total. The van der Waals surface area contributed by atoms with Crippen LogP contribution in [0, 0.1) is 10.1 Å². The van der Waals surface area contributed by atoms with Crippen LogP contribution in [0.15, 0.2) is 53.4 Å². The molecule has 1 fully saturated rings. The van der Waals surface area contributed by atoms with Gasteiger partial charge in [-0.1, -0.05) is 17.7 Å². The molecule has 29 heavy (non-hydrogen) atoms. The minimum atomic E-state index is -3.65. The lowest BCUT2D eigenvalue weighted by atomic mass is 10.3. The lowest BCUT2D eigenvalue weighted by Gasteiger charge is -2.34. The minimum absolute atomic E-state index is 0.129. The lowest BCUT2D eigenvalue weighted by Crippen LogP contribution is -2.51. The molecular formula is C18H18ClN3O6S. The molecule has 0 radical (unpaired) electrons. The van der Waals surface area contributed by atoms with Crippen molar-refractivity contribution < 1.29 is 22.9 Å². The van der Waals surface area contributed by atoms with Gasteiger partial charge in [-0.15, -0.1) is 0 Å². The number of rotatable bonds is 6. The first-order valence-corrected chi connectivity index (χ1v) is 10.5. The molecule has 0 bridgehead atoms. The van der Waals surface area contributed by atoms with Crippen LogP contribution in [0.25, 0.3) is 0 Å². The van der Waals surface area contributed by atoms with Gasteiger partial charge in [0.25, 0.3) is 11.6 Å². The van der Waals surface area contributed by atoms with Crippen molar-refractivity contribution in [3.63, 3.8) is 0 Å². The van der Waals surface area contributed by atoms with Gasteiger partial charge in [0.15, 0.2) is 6.61 Å². The predicted molar refractivity (Wildman–Crippen MR) is 105 cm³/mol. The van der Waals surface area contributed by atoms with E-state index in [1.165, 1.54) is 57.7 Å². The summed E-state index contributed by atoms with van der Waals surface area (Å²) in [5.41, 5.74) is -0.129. The summed E-state index contributed by atoms with van der Waals surface area (Å²) in [6.07, 6.45) is 0. The Hall–Kier alpha value is -2.69. The van der Waals surface area contributed by atoms with Crippen LogP contribution in [-0.4, -0.2) is 61.2 Å². The minimum Gasteiger partial charge on any atom is -0.484 e. The number of halogens is 1. The van der Waals surface area contributed by atoms with E-state index in [0.29, 0.717) is 5.02 Å². The average Bonchev–Trinajstić information content (AvgIpc) is 2.72. The lowest BCUT2D eigenvalue weighted by molar-refractivity contribution is -0.384. The molecule has 0 aromatic heterocycles.